The molecule has 2 N–H and O–H groups in total. The molecule has 0 aliphatic heterocycles. The quantitative estimate of drug-likeness (QED) is 0.515. The summed E-state index contributed by atoms with van der Waals surface area (Å²) < 4.78 is 1.09. The zero-order valence-corrected chi connectivity index (χ0v) is 15.8. The number of aromatic nitrogens is 3. The second kappa shape index (κ2) is 8.03. The number of phenolic OH excluding ortho intramolecular Hbond substituents is 1. The van der Waals surface area contributed by atoms with E-state index in [1.807, 2.05) is 36.4 Å². The molecule has 0 unspecified atom stereocenters. The number of hydrogen-bond donors (Lipinski definition) is 2. The van der Waals surface area contributed by atoms with Crippen molar-refractivity contribution in [2.24, 2.45) is 0 Å². The van der Waals surface area contributed by atoms with Gasteiger partial charge in [0.15, 0.2) is 0 Å². The van der Waals surface area contributed by atoms with Crippen LogP contribution in [0.4, 0.5) is 5.95 Å². The van der Waals surface area contributed by atoms with Crippen molar-refractivity contribution in [1.82, 2.24) is 15.0 Å². The van der Waals surface area contributed by atoms with Crippen molar-refractivity contribution in [3.05, 3.63) is 66.0 Å². The standard InChI is InChI=1S/C21H17N5OS/c22-11-9-17-16(20-25-18-3-1-2-4-19(18)28-20)13-24-21(26-17)23-12-10-14-5-7-15(27)8-6-14/h1-8,13,27H,9-10,12H2,(H,23,24,26). The maximum absolute atomic E-state index is 9.34. The van der Waals surface area contributed by atoms with Gasteiger partial charge in [0.25, 0.3) is 0 Å². The predicted octanol–water partition coefficient (Wildman–Crippen LogP) is 4.18. The molecule has 0 aliphatic rings. The maximum atomic E-state index is 9.34. The molecule has 2 aromatic heterocycles. The van der Waals surface area contributed by atoms with E-state index in [-0.39, 0.29) is 12.2 Å². The molecule has 0 amide bonds. The highest BCUT2D eigenvalue weighted by Gasteiger charge is 2.13. The molecule has 0 aliphatic carbocycles. The third-order valence-corrected chi connectivity index (χ3v) is 5.34. The Kier molecular flexibility index (Phi) is 5.13. The van der Waals surface area contributed by atoms with Gasteiger partial charge in [0, 0.05) is 12.7 Å². The molecule has 138 valence electrons. The minimum Gasteiger partial charge on any atom is -0.508 e. The van der Waals surface area contributed by atoms with Crippen LogP contribution in [0.2, 0.25) is 0 Å². The highest BCUT2D eigenvalue weighted by molar-refractivity contribution is 7.21. The molecule has 2 aromatic carbocycles. The van der Waals surface area contributed by atoms with Gasteiger partial charge in [-0.3, -0.25) is 0 Å². The van der Waals surface area contributed by atoms with Gasteiger partial charge in [-0.05, 0) is 36.2 Å². The molecule has 7 heteroatoms. The molecule has 0 spiro atoms. The van der Waals surface area contributed by atoms with Crippen LogP contribution in [0.15, 0.2) is 54.7 Å². The average Bonchev–Trinajstić information content (AvgIpc) is 3.14. The number of nitrogens with zero attached hydrogens (tertiary/aromatic N) is 4. The summed E-state index contributed by atoms with van der Waals surface area (Å²) in [6, 6.07) is 17.2. The Hall–Kier alpha value is -3.50. The van der Waals surface area contributed by atoms with Gasteiger partial charge in [-0.2, -0.15) is 5.26 Å². The number of nitrogens with one attached hydrogen (secondary N) is 1. The SMILES string of the molecule is N#CCc1nc(NCCc2ccc(O)cc2)ncc1-c1nc2ccccc2s1. The largest absolute Gasteiger partial charge is 0.508 e. The Labute approximate surface area is 166 Å². The van der Waals surface area contributed by atoms with Crippen molar-refractivity contribution in [2.75, 3.05) is 11.9 Å². The minimum atomic E-state index is 0.195. The predicted molar refractivity (Wildman–Crippen MR) is 110 cm³/mol. The van der Waals surface area contributed by atoms with E-state index in [0.717, 1.165) is 32.8 Å². The Bertz CT molecular complexity index is 1110. The lowest BCUT2D eigenvalue weighted by atomic mass is 10.1. The summed E-state index contributed by atoms with van der Waals surface area (Å²) in [6.45, 7) is 0.650. The summed E-state index contributed by atoms with van der Waals surface area (Å²) >= 11 is 1.57. The number of benzene rings is 2. The van der Waals surface area contributed by atoms with Gasteiger partial charge in [-0.25, -0.2) is 15.0 Å². The van der Waals surface area contributed by atoms with Crippen molar-refractivity contribution in [3.63, 3.8) is 0 Å². The van der Waals surface area contributed by atoms with Crippen LogP contribution >= 0.6 is 11.3 Å². The first-order valence-electron chi connectivity index (χ1n) is 8.83. The molecule has 28 heavy (non-hydrogen) atoms. The van der Waals surface area contributed by atoms with Crippen molar-refractivity contribution in [1.29, 1.82) is 5.26 Å². The van der Waals surface area contributed by atoms with E-state index in [1.165, 1.54) is 0 Å². The summed E-state index contributed by atoms with van der Waals surface area (Å²) in [7, 11) is 0. The Morgan fingerprint density at radius 1 is 1.07 bits per heavy atom. The van der Waals surface area contributed by atoms with E-state index in [2.05, 4.69) is 26.3 Å². The molecule has 0 bridgehead atoms. The Morgan fingerprint density at radius 2 is 1.89 bits per heavy atom. The second-order valence-electron chi connectivity index (χ2n) is 6.22. The fourth-order valence-electron chi connectivity index (χ4n) is 2.86. The zero-order chi connectivity index (χ0) is 19.3. The zero-order valence-electron chi connectivity index (χ0n) is 15.0. The van der Waals surface area contributed by atoms with E-state index in [4.69, 9.17) is 0 Å². The number of hydrogen-bond acceptors (Lipinski definition) is 7. The van der Waals surface area contributed by atoms with Crippen LogP contribution < -0.4 is 5.32 Å². The molecule has 4 aromatic rings. The van der Waals surface area contributed by atoms with Crippen molar-refractivity contribution >= 4 is 27.5 Å². The van der Waals surface area contributed by atoms with Gasteiger partial charge < -0.3 is 10.4 Å². The number of nitriles is 1. The second-order valence-corrected chi connectivity index (χ2v) is 7.25. The fourth-order valence-corrected chi connectivity index (χ4v) is 3.86. The number of thiazole rings is 1. The third-order valence-electron chi connectivity index (χ3n) is 4.27. The summed E-state index contributed by atoms with van der Waals surface area (Å²) in [5.74, 6) is 0.750. The average molecular weight is 387 g/mol. The number of anilines is 1. The van der Waals surface area contributed by atoms with E-state index in [9.17, 15) is 10.4 Å². The summed E-state index contributed by atoms with van der Waals surface area (Å²) in [6.07, 6.45) is 2.71. The third kappa shape index (κ3) is 3.92. The molecule has 0 radical (unpaired) electrons. The normalized spacial score (nSPS) is 10.7. The first-order valence-corrected chi connectivity index (χ1v) is 9.65. The summed E-state index contributed by atoms with van der Waals surface area (Å²) in [5, 5.41) is 22.6. The van der Waals surface area contributed by atoms with E-state index in [1.54, 1.807) is 29.7 Å². The first kappa shape index (κ1) is 17.9. The van der Waals surface area contributed by atoms with Crippen LogP contribution in [0.3, 0.4) is 0 Å². The smallest absolute Gasteiger partial charge is 0.222 e. The van der Waals surface area contributed by atoms with Gasteiger partial charge in [0.05, 0.1) is 34.0 Å². The van der Waals surface area contributed by atoms with Crippen LogP contribution in [0.5, 0.6) is 5.75 Å². The Balaban J connectivity index is 1.53. The molecule has 0 saturated carbocycles. The van der Waals surface area contributed by atoms with Gasteiger partial charge in [-0.1, -0.05) is 24.3 Å². The number of para-hydroxylation sites is 1. The van der Waals surface area contributed by atoms with E-state index < -0.39 is 0 Å². The number of fused-ring (bicyclic) bond motifs is 1. The van der Waals surface area contributed by atoms with Gasteiger partial charge in [-0.15, -0.1) is 11.3 Å². The molecule has 0 fully saturated rings. The molecule has 0 atom stereocenters. The number of phenols is 1. The molecular formula is C21H17N5OS. The van der Waals surface area contributed by atoms with Crippen molar-refractivity contribution < 1.29 is 5.11 Å². The fraction of sp³-hybridized carbons (Fsp3) is 0.143. The van der Waals surface area contributed by atoms with E-state index in [0.29, 0.717) is 18.2 Å². The summed E-state index contributed by atoms with van der Waals surface area (Å²) in [5.41, 5.74) is 3.51. The molecule has 4 rings (SSSR count). The van der Waals surface area contributed by atoms with Gasteiger partial charge in [0.2, 0.25) is 5.95 Å². The topological polar surface area (TPSA) is 94.7 Å². The number of rotatable bonds is 6. The van der Waals surface area contributed by atoms with Crippen LogP contribution in [0.1, 0.15) is 11.3 Å². The number of aromatic hydroxyl groups is 1. The van der Waals surface area contributed by atoms with Crippen molar-refractivity contribution in [3.8, 4) is 22.4 Å². The lowest BCUT2D eigenvalue weighted by molar-refractivity contribution is 0.475. The Morgan fingerprint density at radius 3 is 2.68 bits per heavy atom. The highest BCUT2D eigenvalue weighted by atomic mass is 32.1. The van der Waals surface area contributed by atoms with E-state index >= 15 is 0 Å². The van der Waals surface area contributed by atoms with Crippen LogP contribution in [-0.2, 0) is 12.8 Å². The first-order chi connectivity index (χ1) is 13.7. The molecule has 6 nitrogen and oxygen atoms in total. The molecule has 2 heterocycles. The lowest BCUT2D eigenvalue weighted by Gasteiger charge is -2.08. The minimum absolute atomic E-state index is 0.195. The summed E-state index contributed by atoms with van der Waals surface area (Å²) in [4.78, 5) is 13.6. The van der Waals surface area contributed by atoms with Crippen molar-refractivity contribution in [2.45, 2.75) is 12.8 Å². The molecular weight excluding hydrogens is 370 g/mol. The van der Waals surface area contributed by atoms with Crippen LogP contribution in [-0.4, -0.2) is 26.6 Å². The monoisotopic (exact) mass is 387 g/mol. The maximum Gasteiger partial charge on any atom is 0.222 e. The van der Waals surface area contributed by atoms with Gasteiger partial charge >= 0.3 is 0 Å². The van der Waals surface area contributed by atoms with Crippen LogP contribution in [0.25, 0.3) is 20.8 Å². The molecule has 0 saturated heterocycles. The van der Waals surface area contributed by atoms with Crippen LogP contribution in [0, 0.1) is 11.3 Å². The lowest BCUT2D eigenvalue weighted by Crippen LogP contribution is -2.09. The highest BCUT2D eigenvalue weighted by Crippen LogP contribution is 2.31. The van der Waals surface area contributed by atoms with Gasteiger partial charge in [0.1, 0.15) is 10.8 Å².